The SMILES string of the molecule is O=Cc1cc(Cl)ccc1OCCCOc1ccc(Cl)cc1C=O. The van der Waals surface area contributed by atoms with Crippen molar-refractivity contribution in [3.05, 3.63) is 57.6 Å². The molecule has 0 heterocycles. The predicted molar refractivity (Wildman–Crippen MR) is 89.3 cm³/mol. The van der Waals surface area contributed by atoms with E-state index in [2.05, 4.69) is 0 Å². The molecule has 0 N–H and O–H groups in total. The van der Waals surface area contributed by atoms with Crippen LogP contribution in [0.4, 0.5) is 0 Å². The van der Waals surface area contributed by atoms with E-state index in [4.69, 9.17) is 32.7 Å². The number of ether oxygens (including phenoxy) is 2. The molecule has 23 heavy (non-hydrogen) atoms. The molecule has 0 spiro atoms. The van der Waals surface area contributed by atoms with Gasteiger partial charge in [0.15, 0.2) is 12.6 Å². The Morgan fingerprint density at radius 2 is 1.22 bits per heavy atom. The maximum absolute atomic E-state index is 10.9. The van der Waals surface area contributed by atoms with Gasteiger partial charge in [-0.3, -0.25) is 9.59 Å². The van der Waals surface area contributed by atoms with Gasteiger partial charge < -0.3 is 9.47 Å². The number of benzene rings is 2. The van der Waals surface area contributed by atoms with E-state index in [1.807, 2.05) is 0 Å². The Kier molecular flexibility index (Phi) is 6.44. The molecule has 0 radical (unpaired) electrons. The van der Waals surface area contributed by atoms with Crippen molar-refractivity contribution < 1.29 is 19.1 Å². The number of aldehydes is 2. The second-order valence-corrected chi connectivity index (χ2v) is 5.52. The summed E-state index contributed by atoms with van der Waals surface area (Å²) in [7, 11) is 0. The molecule has 0 saturated heterocycles. The van der Waals surface area contributed by atoms with Crippen molar-refractivity contribution in [1.29, 1.82) is 0 Å². The molecule has 0 fully saturated rings. The summed E-state index contributed by atoms with van der Waals surface area (Å²) in [6.45, 7) is 0.735. The van der Waals surface area contributed by atoms with E-state index in [1.165, 1.54) is 0 Å². The first kappa shape index (κ1) is 17.3. The zero-order valence-electron chi connectivity index (χ0n) is 12.1. The van der Waals surface area contributed by atoms with Gasteiger partial charge >= 0.3 is 0 Å². The quantitative estimate of drug-likeness (QED) is 0.519. The Hall–Kier alpha value is -2.04. The van der Waals surface area contributed by atoms with Gasteiger partial charge in [-0.25, -0.2) is 0 Å². The highest BCUT2D eigenvalue weighted by molar-refractivity contribution is 6.31. The van der Waals surface area contributed by atoms with Crippen molar-refractivity contribution in [2.75, 3.05) is 13.2 Å². The van der Waals surface area contributed by atoms with E-state index in [0.717, 1.165) is 0 Å². The lowest BCUT2D eigenvalue weighted by Gasteiger charge is -2.11. The molecule has 0 aliphatic heterocycles. The summed E-state index contributed by atoms with van der Waals surface area (Å²) >= 11 is 11.6. The van der Waals surface area contributed by atoms with Crippen LogP contribution in [0.25, 0.3) is 0 Å². The molecule has 0 atom stereocenters. The fraction of sp³-hybridized carbons (Fsp3) is 0.176. The molecular weight excluding hydrogens is 339 g/mol. The van der Waals surface area contributed by atoms with E-state index < -0.39 is 0 Å². The first-order valence-corrected chi connectivity index (χ1v) is 7.64. The third kappa shape index (κ3) is 4.98. The molecule has 0 aliphatic carbocycles. The van der Waals surface area contributed by atoms with E-state index in [-0.39, 0.29) is 0 Å². The average molecular weight is 353 g/mol. The molecule has 0 unspecified atom stereocenters. The zero-order valence-corrected chi connectivity index (χ0v) is 13.6. The van der Waals surface area contributed by atoms with Gasteiger partial charge in [-0.15, -0.1) is 0 Å². The van der Waals surface area contributed by atoms with Crippen molar-refractivity contribution in [3.8, 4) is 11.5 Å². The van der Waals surface area contributed by atoms with Crippen LogP contribution in [0, 0.1) is 0 Å². The lowest BCUT2D eigenvalue weighted by Crippen LogP contribution is -2.07. The van der Waals surface area contributed by atoms with E-state index >= 15 is 0 Å². The molecule has 2 aromatic rings. The van der Waals surface area contributed by atoms with Gasteiger partial charge in [0.1, 0.15) is 11.5 Å². The summed E-state index contributed by atoms with van der Waals surface area (Å²) in [6, 6.07) is 9.71. The second kappa shape index (κ2) is 8.56. The summed E-state index contributed by atoms with van der Waals surface area (Å²) in [4.78, 5) is 21.9. The molecule has 2 aromatic carbocycles. The minimum Gasteiger partial charge on any atom is -0.493 e. The highest BCUT2D eigenvalue weighted by Gasteiger charge is 2.05. The molecule has 0 bridgehead atoms. The number of halogens is 2. The number of hydrogen-bond acceptors (Lipinski definition) is 4. The van der Waals surface area contributed by atoms with Crippen LogP contribution >= 0.6 is 23.2 Å². The normalized spacial score (nSPS) is 10.2. The molecule has 0 aromatic heterocycles. The third-order valence-corrected chi connectivity index (χ3v) is 3.47. The Morgan fingerprint density at radius 1 is 0.783 bits per heavy atom. The van der Waals surface area contributed by atoms with Gasteiger partial charge in [-0.05, 0) is 36.4 Å². The van der Waals surface area contributed by atoms with Crippen molar-refractivity contribution in [3.63, 3.8) is 0 Å². The Labute approximate surface area is 143 Å². The standard InChI is InChI=1S/C17H14Cl2O4/c18-14-2-4-16(12(8-14)10-20)22-6-1-7-23-17-5-3-15(19)9-13(17)11-21/h2-5,8-11H,1,6-7H2. The summed E-state index contributed by atoms with van der Waals surface area (Å²) < 4.78 is 11.1. The van der Waals surface area contributed by atoms with Gasteiger partial charge in [-0.2, -0.15) is 0 Å². The smallest absolute Gasteiger partial charge is 0.153 e. The molecule has 120 valence electrons. The highest BCUT2D eigenvalue weighted by atomic mass is 35.5. The Balaban J connectivity index is 1.82. The van der Waals surface area contributed by atoms with Crippen LogP contribution in [0.3, 0.4) is 0 Å². The summed E-state index contributed by atoms with van der Waals surface area (Å²) in [6.07, 6.45) is 1.98. The Bertz CT molecular complexity index is 641. The second-order valence-electron chi connectivity index (χ2n) is 4.65. The van der Waals surface area contributed by atoms with Gasteiger partial charge in [-0.1, -0.05) is 23.2 Å². The zero-order chi connectivity index (χ0) is 16.7. The van der Waals surface area contributed by atoms with Crippen LogP contribution in [0.2, 0.25) is 10.0 Å². The van der Waals surface area contributed by atoms with Crippen LogP contribution < -0.4 is 9.47 Å². The predicted octanol–water partition coefficient (Wildman–Crippen LogP) is 4.47. The number of carbonyl (C=O) groups is 2. The molecular formula is C17H14Cl2O4. The molecule has 6 heteroatoms. The maximum atomic E-state index is 10.9. The van der Waals surface area contributed by atoms with Crippen LogP contribution in [0.1, 0.15) is 27.1 Å². The largest absolute Gasteiger partial charge is 0.493 e. The van der Waals surface area contributed by atoms with E-state index in [9.17, 15) is 9.59 Å². The van der Waals surface area contributed by atoms with Crippen molar-refractivity contribution >= 4 is 35.8 Å². The number of rotatable bonds is 8. The first-order valence-electron chi connectivity index (χ1n) is 6.89. The van der Waals surface area contributed by atoms with E-state index in [0.29, 0.717) is 64.9 Å². The first-order chi connectivity index (χ1) is 11.1. The lowest BCUT2D eigenvalue weighted by molar-refractivity contribution is 0.111. The third-order valence-electron chi connectivity index (χ3n) is 3.00. The fourth-order valence-corrected chi connectivity index (χ4v) is 2.27. The minimum atomic E-state index is 0.368. The van der Waals surface area contributed by atoms with E-state index in [1.54, 1.807) is 36.4 Å². The molecule has 0 aliphatic rings. The molecule has 0 amide bonds. The molecule has 4 nitrogen and oxygen atoms in total. The van der Waals surface area contributed by atoms with Gasteiger partial charge in [0.25, 0.3) is 0 Å². The summed E-state index contributed by atoms with van der Waals surface area (Å²) in [5, 5.41) is 0.957. The van der Waals surface area contributed by atoms with Crippen molar-refractivity contribution in [1.82, 2.24) is 0 Å². The highest BCUT2D eigenvalue weighted by Crippen LogP contribution is 2.22. The number of hydrogen-bond donors (Lipinski definition) is 0. The van der Waals surface area contributed by atoms with Crippen LogP contribution in [-0.2, 0) is 0 Å². The van der Waals surface area contributed by atoms with Crippen LogP contribution in [0.5, 0.6) is 11.5 Å². The monoisotopic (exact) mass is 352 g/mol. The van der Waals surface area contributed by atoms with Crippen LogP contribution in [-0.4, -0.2) is 25.8 Å². The van der Waals surface area contributed by atoms with Gasteiger partial charge in [0.2, 0.25) is 0 Å². The maximum Gasteiger partial charge on any atom is 0.153 e. The topological polar surface area (TPSA) is 52.6 Å². The number of carbonyl (C=O) groups excluding carboxylic acids is 2. The summed E-state index contributed by atoms with van der Waals surface area (Å²) in [5.74, 6) is 0.953. The molecule has 2 rings (SSSR count). The fourth-order valence-electron chi connectivity index (χ4n) is 1.91. The molecule has 0 saturated carbocycles. The Morgan fingerprint density at radius 3 is 1.61 bits per heavy atom. The lowest BCUT2D eigenvalue weighted by atomic mass is 10.2. The van der Waals surface area contributed by atoms with Crippen molar-refractivity contribution in [2.45, 2.75) is 6.42 Å². The summed E-state index contributed by atoms with van der Waals surface area (Å²) in [5.41, 5.74) is 0.804. The average Bonchev–Trinajstić information content (AvgIpc) is 2.56. The van der Waals surface area contributed by atoms with Crippen molar-refractivity contribution in [2.24, 2.45) is 0 Å². The van der Waals surface area contributed by atoms with Gasteiger partial charge in [0, 0.05) is 16.5 Å². The van der Waals surface area contributed by atoms with Gasteiger partial charge in [0.05, 0.1) is 24.3 Å². The van der Waals surface area contributed by atoms with Crippen LogP contribution in [0.15, 0.2) is 36.4 Å². The minimum absolute atomic E-state index is 0.368.